The zero-order valence-electron chi connectivity index (χ0n) is 17.0. The molecule has 154 valence electrons. The highest BCUT2D eigenvalue weighted by atomic mass is 127. The van der Waals surface area contributed by atoms with E-state index < -0.39 is 0 Å². The fraction of sp³-hybridized carbons (Fsp3) is 0.524. The Morgan fingerprint density at radius 1 is 1.25 bits per heavy atom. The molecule has 0 bridgehead atoms. The van der Waals surface area contributed by atoms with E-state index in [0.717, 1.165) is 36.9 Å². The summed E-state index contributed by atoms with van der Waals surface area (Å²) in [5.74, 6) is 2.20. The summed E-state index contributed by atoms with van der Waals surface area (Å²) in [6.07, 6.45) is 6.66. The number of aliphatic imine (C=N–C) groups is 1. The fourth-order valence-electron chi connectivity index (χ4n) is 3.40. The second-order valence-electron chi connectivity index (χ2n) is 7.36. The van der Waals surface area contributed by atoms with Crippen molar-refractivity contribution < 1.29 is 9.15 Å². The van der Waals surface area contributed by atoms with Crippen LogP contribution in [0.25, 0.3) is 11.3 Å². The number of ether oxygens (including phenoxy) is 1. The standard InChI is InChI=1S/C21H30N4O2.HI/c1-16-5-7-17(8-6-16)18-13-23-19(27-18)14-24-20(22-2)25-15-21(9-4-10-21)11-12-26-3;/h5-8,13H,4,9-12,14-15H2,1-3H3,(H2,22,24,25);1H. The molecule has 1 fully saturated rings. The van der Waals surface area contributed by atoms with Gasteiger partial charge in [-0.25, -0.2) is 4.98 Å². The third-order valence-electron chi connectivity index (χ3n) is 5.40. The number of halogens is 1. The topological polar surface area (TPSA) is 71.7 Å². The minimum atomic E-state index is 0. The molecule has 3 rings (SSSR count). The molecule has 28 heavy (non-hydrogen) atoms. The second-order valence-corrected chi connectivity index (χ2v) is 7.36. The van der Waals surface area contributed by atoms with Crippen LogP contribution in [0.5, 0.6) is 0 Å². The number of guanidine groups is 1. The number of hydrogen-bond acceptors (Lipinski definition) is 4. The van der Waals surface area contributed by atoms with Gasteiger partial charge >= 0.3 is 0 Å². The number of rotatable bonds is 8. The largest absolute Gasteiger partial charge is 0.439 e. The van der Waals surface area contributed by atoms with Crippen molar-refractivity contribution in [1.82, 2.24) is 15.6 Å². The molecule has 2 aromatic rings. The van der Waals surface area contributed by atoms with Gasteiger partial charge in [0, 0.05) is 32.9 Å². The Labute approximate surface area is 184 Å². The first-order chi connectivity index (χ1) is 13.1. The molecule has 0 aliphatic heterocycles. The van der Waals surface area contributed by atoms with Gasteiger partial charge in [-0.1, -0.05) is 36.2 Å². The number of benzene rings is 1. The average molecular weight is 498 g/mol. The molecule has 1 aromatic carbocycles. The third-order valence-corrected chi connectivity index (χ3v) is 5.40. The minimum absolute atomic E-state index is 0. The molecule has 2 N–H and O–H groups in total. The van der Waals surface area contributed by atoms with Crippen molar-refractivity contribution in [1.29, 1.82) is 0 Å². The number of aromatic nitrogens is 1. The van der Waals surface area contributed by atoms with Crippen LogP contribution in [0.1, 0.15) is 37.1 Å². The highest BCUT2D eigenvalue weighted by molar-refractivity contribution is 14.0. The van der Waals surface area contributed by atoms with Gasteiger partial charge in [-0.05, 0) is 31.6 Å². The number of methoxy groups -OCH3 is 1. The highest BCUT2D eigenvalue weighted by Gasteiger charge is 2.36. The maximum absolute atomic E-state index is 5.86. The second kappa shape index (κ2) is 10.8. The fourth-order valence-corrected chi connectivity index (χ4v) is 3.40. The maximum atomic E-state index is 5.86. The van der Waals surface area contributed by atoms with Gasteiger partial charge in [-0.3, -0.25) is 4.99 Å². The number of hydrogen-bond donors (Lipinski definition) is 2. The molecular formula is C21H31IN4O2. The Bertz CT molecular complexity index is 754. The Morgan fingerprint density at radius 2 is 2.00 bits per heavy atom. The van der Waals surface area contributed by atoms with Crippen molar-refractivity contribution in [2.45, 2.75) is 39.2 Å². The van der Waals surface area contributed by atoms with Gasteiger partial charge in [-0.2, -0.15) is 0 Å². The Hall–Kier alpha value is -1.61. The first-order valence-electron chi connectivity index (χ1n) is 9.59. The van der Waals surface area contributed by atoms with Gasteiger partial charge in [0.1, 0.15) is 0 Å². The van der Waals surface area contributed by atoms with Crippen molar-refractivity contribution in [2.75, 3.05) is 27.3 Å². The van der Waals surface area contributed by atoms with Gasteiger partial charge in [-0.15, -0.1) is 24.0 Å². The van der Waals surface area contributed by atoms with Crippen molar-refractivity contribution in [2.24, 2.45) is 10.4 Å². The summed E-state index contributed by atoms with van der Waals surface area (Å²) >= 11 is 0. The van der Waals surface area contributed by atoms with Crippen molar-refractivity contribution in [3.05, 3.63) is 41.9 Å². The van der Waals surface area contributed by atoms with Crippen LogP contribution < -0.4 is 10.6 Å². The number of aryl methyl sites for hydroxylation is 1. The number of nitrogens with zero attached hydrogens (tertiary/aromatic N) is 2. The minimum Gasteiger partial charge on any atom is -0.439 e. The molecule has 0 atom stereocenters. The van der Waals surface area contributed by atoms with E-state index in [1.807, 2.05) is 12.1 Å². The molecule has 0 saturated heterocycles. The smallest absolute Gasteiger partial charge is 0.214 e. The first-order valence-corrected chi connectivity index (χ1v) is 9.59. The van der Waals surface area contributed by atoms with E-state index >= 15 is 0 Å². The van der Waals surface area contributed by atoms with Gasteiger partial charge in [0.2, 0.25) is 5.89 Å². The van der Waals surface area contributed by atoms with Gasteiger partial charge in [0.15, 0.2) is 11.7 Å². The Kier molecular flexibility index (Phi) is 8.75. The lowest BCUT2D eigenvalue weighted by Gasteiger charge is -2.42. The highest BCUT2D eigenvalue weighted by Crippen LogP contribution is 2.43. The SMILES string of the molecule is CN=C(NCc1ncc(-c2ccc(C)cc2)o1)NCC1(CCOC)CCC1.I. The van der Waals surface area contributed by atoms with E-state index in [9.17, 15) is 0 Å². The van der Waals surface area contributed by atoms with Crippen LogP contribution in [0.15, 0.2) is 39.9 Å². The van der Waals surface area contributed by atoms with E-state index in [2.05, 4.69) is 39.7 Å². The molecule has 7 heteroatoms. The predicted octanol–water partition coefficient (Wildman–Crippen LogP) is 4.14. The van der Waals surface area contributed by atoms with Crippen LogP contribution >= 0.6 is 24.0 Å². The molecule has 0 unspecified atom stereocenters. The van der Waals surface area contributed by atoms with Crippen molar-refractivity contribution in [3.63, 3.8) is 0 Å². The summed E-state index contributed by atoms with van der Waals surface area (Å²) < 4.78 is 11.1. The molecule has 1 saturated carbocycles. The molecule has 1 aromatic heterocycles. The molecular weight excluding hydrogens is 467 g/mol. The lowest BCUT2D eigenvalue weighted by Crippen LogP contribution is -2.46. The molecule has 6 nitrogen and oxygen atoms in total. The van der Waals surface area contributed by atoms with E-state index in [1.54, 1.807) is 20.4 Å². The van der Waals surface area contributed by atoms with Crippen LogP contribution in [0.2, 0.25) is 0 Å². The first kappa shape index (κ1) is 22.7. The van der Waals surface area contributed by atoms with Gasteiger partial charge in [0.05, 0.1) is 12.7 Å². The summed E-state index contributed by atoms with van der Waals surface area (Å²) in [7, 11) is 3.55. The normalized spacial score (nSPS) is 15.5. The van der Waals surface area contributed by atoms with Crippen LogP contribution in [-0.2, 0) is 11.3 Å². The van der Waals surface area contributed by atoms with Crippen molar-refractivity contribution in [3.8, 4) is 11.3 Å². The van der Waals surface area contributed by atoms with Crippen LogP contribution in [-0.4, -0.2) is 38.3 Å². The summed E-state index contributed by atoms with van der Waals surface area (Å²) in [6.45, 7) is 4.29. The summed E-state index contributed by atoms with van der Waals surface area (Å²) in [4.78, 5) is 8.68. The van der Waals surface area contributed by atoms with Gasteiger partial charge in [0.25, 0.3) is 0 Å². The van der Waals surface area contributed by atoms with E-state index in [1.165, 1.54) is 24.8 Å². The van der Waals surface area contributed by atoms with E-state index in [4.69, 9.17) is 9.15 Å². The van der Waals surface area contributed by atoms with Gasteiger partial charge < -0.3 is 19.8 Å². The molecule has 1 aliphatic rings. The van der Waals surface area contributed by atoms with E-state index in [0.29, 0.717) is 17.9 Å². The number of nitrogens with one attached hydrogen (secondary N) is 2. The molecule has 1 aliphatic carbocycles. The molecule has 0 spiro atoms. The average Bonchev–Trinajstić information content (AvgIpc) is 3.12. The molecule has 0 radical (unpaired) electrons. The molecule has 1 heterocycles. The third kappa shape index (κ3) is 5.94. The van der Waals surface area contributed by atoms with Crippen LogP contribution in [0, 0.1) is 12.3 Å². The van der Waals surface area contributed by atoms with E-state index in [-0.39, 0.29) is 24.0 Å². The Balaban J connectivity index is 0.00000280. The summed E-state index contributed by atoms with van der Waals surface area (Å²) in [6, 6.07) is 8.24. The summed E-state index contributed by atoms with van der Waals surface area (Å²) in [5, 5.41) is 6.74. The van der Waals surface area contributed by atoms with Crippen molar-refractivity contribution >= 4 is 29.9 Å². The predicted molar refractivity (Wildman–Crippen MR) is 123 cm³/mol. The zero-order chi connectivity index (χ0) is 19.1. The lowest BCUT2D eigenvalue weighted by atomic mass is 9.67. The zero-order valence-corrected chi connectivity index (χ0v) is 19.3. The molecule has 0 amide bonds. The lowest BCUT2D eigenvalue weighted by molar-refractivity contribution is 0.0732. The quantitative estimate of drug-likeness (QED) is 0.325. The Morgan fingerprint density at radius 3 is 2.61 bits per heavy atom. The van der Waals surface area contributed by atoms with Crippen LogP contribution in [0.4, 0.5) is 0 Å². The van der Waals surface area contributed by atoms with Crippen LogP contribution in [0.3, 0.4) is 0 Å². The maximum Gasteiger partial charge on any atom is 0.214 e. The number of oxazole rings is 1. The summed E-state index contributed by atoms with van der Waals surface area (Å²) in [5.41, 5.74) is 2.60. The monoisotopic (exact) mass is 498 g/mol.